The lowest BCUT2D eigenvalue weighted by Crippen LogP contribution is -2.46. The summed E-state index contributed by atoms with van der Waals surface area (Å²) in [6.07, 6.45) is 11.2. The number of hydrogen-bond acceptors (Lipinski definition) is 12. The number of piperidine rings is 2. The highest BCUT2D eigenvalue weighted by molar-refractivity contribution is 6.29. The van der Waals surface area contributed by atoms with Gasteiger partial charge >= 0.3 is 12.2 Å². The van der Waals surface area contributed by atoms with Crippen LogP contribution in [-0.2, 0) is 22.6 Å². The van der Waals surface area contributed by atoms with E-state index in [4.69, 9.17) is 31.3 Å². The van der Waals surface area contributed by atoms with Gasteiger partial charge in [0.1, 0.15) is 16.4 Å². The molecule has 17 heteroatoms. The smallest absolute Gasteiger partial charge is 0.410 e. The zero-order chi connectivity index (χ0) is 39.2. The number of aliphatic hydroxyl groups is 2. The van der Waals surface area contributed by atoms with E-state index >= 15 is 0 Å². The minimum atomic E-state index is -0.525. The van der Waals surface area contributed by atoms with Crippen LogP contribution in [0.15, 0.2) is 28.2 Å². The number of hydrogen-bond donors (Lipinski definition) is 4. The maximum atomic E-state index is 12.4. The second-order valence-corrected chi connectivity index (χ2v) is 15.6. The summed E-state index contributed by atoms with van der Waals surface area (Å²) >= 11 is 5.95. The predicted octanol–water partition coefficient (Wildman–Crippen LogP) is 4.31. The number of amides is 2. The molecule has 0 bridgehead atoms. The monoisotopic (exact) mass is 766 g/mol. The molecule has 0 saturated carbocycles. The summed E-state index contributed by atoms with van der Waals surface area (Å²) in [5, 5.41) is 24.3. The zero-order valence-corrected chi connectivity index (χ0v) is 32.9. The Balaban J connectivity index is 0.000000286. The third-order valence-electron chi connectivity index (χ3n) is 8.63. The average molecular weight is 767 g/mol. The fraction of sp³-hybridized carbons (Fsp3) is 0.722. The summed E-state index contributed by atoms with van der Waals surface area (Å²) in [4.78, 5) is 61.1. The van der Waals surface area contributed by atoms with Crippen LogP contribution in [-0.4, -0.2) is 114 Å². The standard InChI is InChI=1S/C18H29ClN4O4.C18H30N4O4/c1-18(2,3)27-17(26)22-9-5-4-6-13(22)7-8-20-15-16(25)23(10-11-24)14(19)12-21-15;1-18(2,3)26-17(25)22-10-5-4-6-14(22)7-8-19-15-16(24)21(12-13-23)11-9-20-15/h12-13,24H,4-11H2,1-3H3,(H,20,21);9,11,14,23H,4-8,10,12-13H2,1-3H3,(H,19,20). The fourth-order valence-electron chi connectivity index (χ4n) is 6.19. The molecule has 4 N–H and O–H groups in total. The van der Waals surface area contributed by atoms with Crippen molar-refractivity contribution < 1.29 is 29.3 Å². The molecule has 298 valence electrons. The van der Waals surface area contributed by atoms with E-state index in [1.165, 1.54) is 21.5 Å². The molecule has 4 heterocycles. The summed E-state index contributed by atoms with van der Waals surface area (Å²) in [5.41, 5.74) is -1.66. The molecule has 2 aromatic rings. The van der Waals surface area contributed by atoms with Crippen molar-refractivity contribution in [1.29, 1.82) is 0 Å². The lowest BCUT2D eigenvalue weighted by molar-refractivity contribution is 0.00825. The molecular formula is C36H59ClN8O8. The van der Waals surface area contributed by atoms with Gasteiger partial charge < -0.3 is 44.7 Å². The Bertz CT molecular complexity index is 1590. The lowest BCUT2D eigenvalue weighted by atomic mass is 10.00. The summed E-state index contributed by atoms with van der Waals surface area (Å²) in [7, 11) is 0. The number of likely N-dealkylation sites (tertiary alicyclic amines) is 2. The highest BCUT2D eigenvalue weighted by Crippen LogP contribution is 2.24. The molecule has 4 rings (SSSR count). The molecule has 0 aromatic carbocycles. The molecule has 0 radical (unpaired) electrons. The number of ether oxygens (including phenoxy) is 2. The van der Waals surface area contributed by atoms with E-state index in [0.29, 0.717) is 32.6 Å². The van der Waals surface area contributed by atoms with Gasteiger partial charge in [-0.05, 0) is 92.9 Å². The molecule has 2 aromatic heterocycles. The van der Waals surface area contributed by atoms with Crippen LogP contribution in [0, 0.1) is 0 Å². The van der Waals surface area contributed by atoms with E-state index in [2.05, 4.69) is 20.6 Å². The molecule has 53 heavy (non-hydrogen) atoms. The number of carbonyl (C=O) groups excluding carboxylic acids is 2. The lowest BCUT2D eigenvalue weighted by Gasteiger charge is -2.36. The molecule has 2 saturated heterocycles. The third-order valence-corrected chi connectivity index (χ3v) is 8.94. The van der Waals surface area contributed by atoms with Gasteiger partial charge in [0.15, 0.2) is 11.6 Å². The molecule has 16 nitrogen and oxygen atoms in total. The van der Waals surface area contributed by atoms with Crippen LogP contribution in [0.3, 0.4) is 0 Å². The summed E-state index contributed by atoms with van der Waals surface area (Å²) < 4.78 is 13.7. The van der Waals surface area contributed by atoms with Crippen molar-refractivity contribution in [3.8, 4) is 0 Å². The van der Waals surface area contributed by atoms with Crippen molar-refractivity contribution in [3.63, 3.8) is 0 Å². The first kappa shape index (κ1) is 43.5. The summed E-state index contributed by atoms with van der Waals surface area (Å²) in [6, 6.07) is 0.155. The van der Waals surface area contributed by atoms with Crippen molar-refractivity contribution in [2.24, 2.45) is 0 Å². The SMILES string of the molecule is CC(C)(C)OC(=O)N1CCCCC1CCNc1ncc(Cl)n(CCO)c1=O.CC(C)(C)OC(=O)N1CCCCC1CCNc1nccn(CCO)c1=O. The number of aliphatic hydroxyl groups excluding tert-OH is 2. The van der Waals surface area contributed by atoms with E-state index in [9.17, 15) is 19.2 Å². The number of anilines is 2. The normalized spacial score (nSPS) is 17.8. The van der Waals surface area contributed by atoms with Crippen molar-refractivity contribution in [3.05, 3.63) is 44.5 Å². The number of carbonyl (C=O) groups is 2. The van der Waals surface area contributed by atoms with E-state index in [1.54, 1.807) is 16.0 Å². The highest BCUT2D eigenvalue weighted by atomic mass is 35.5. The molecule has 2 unspecified atom stereocenters. The zero-order valence-electron chi connectivity index (χ0n) is 32.1. The van der Waals surface area contributed by atoms with Gasteiger partial charge in [0.25, 0.3) is 11.1 Å². The van der Waals surface area contributed by atoms with Gasteiger partial charge in [-0.25, -0.2) is 19.6 Å². The second kappa shape index (κ2) is 20.5. The van der Waals surface area contributed by atoms with Crippen molar-refractivity contribution in [2.75, 3.05) is 50.0 Å². The Kier molecular flexibility index (Phi) is 16.9. The van der Waals surface area contributed by atoms with Crippen molar-refractivity contribution in [1.82, 2.24) is 28.9 Å². The molecule has 2 amide bonds. The Hall–Kier alpha value is -3.89. The Morgan fingerprint density at radius 1 is 0.792 bits per heavy atom. The van der Waals surface area contributed by atoms with Gasteiger partial charge in [0, 0.05) is 57.2 Å². The maximum Gasteiger partial charge on any atom is 0.410 e. The van der Waals surface area contributed by atoms with E-state index in [0.717, 1.165) is 44.9 Å². The molecular weight excluding hydrogens is 708 g/mol. The van der Waals surface area contributed by atoms with Crippen LogP contribution in [0.1, 0.15) is 92.9 Å². The van der Waals surface area contributed by atoms with Crippen LogP contribution in [0.2, 0.25) is 5.15 Å². The maximum absolute atomic E-state index is 12.4. The van der Waals surface area contributed by atoms with Crippen molar-refractivity contribution >= 4 is 35.4 Å². The minimum Gasteiger partial charge on any atom is -0.444 e. The first-order valence-electron chi connectivity index (χ1n) is 18.5. The summed E-state index contributed by atoms with van der Waals surface area (Å²) in [6.45, 7) is 13.6. The number of nitrogens with one attached hydrogen (secondary N) is 2. The fourth-order valence-corrected chi connectivity index (χ4v) is 6.40. The Labute approximate surface area is 316 Å². The molecule has 2 aliphatic rings. The van der Waals surface area contributed by atoms with Gasteiger partial charge in [-0.15, -0.1) is 0 Å². The van der Waals surface area contributed by atoms with Gasteiger partial charge in [0.05, 0.1) is 26.0 Å². The molecule has 2 aliphatic heterocycles. The van der Waals surface area contributed by atoms with E-state index in [-0.39, 0.29) is 78.5 Å². The molecule has 0 spiro atoms. The van der Waals surface area contributed by atoms with Crippen LogP contribution < -0.4 is 21.8 Å². The third kappa shape index (κ3) is 14.1. The van der Waals surface area contributed by atoms with Crippen LogP contribution in [0.4, 0.5) is 21.2 Å². The minimum absolute atomic E-state index is 0.0630. The second-order valence-electron chi connectivity index (χ2n) is 15.2. The van der Waals surface area contributed by atoms with Gasteiger partial charge in [-0.1, -0.05) is 11.6 Å². The van der Waals surface area contributed by atoms with E-state index < -0.39 is 11.2 Å². The first-order chi connectivity index (χ1) is 25.0. The van der Waals surface area contributed by atoms with Gasteiger partial charge in [-0.2, -0.15) is 0 Å². The average Bonchev–Trinajstić information content (AvgIpc) is 3.08. The molecule has 2 fully saturated rings. The van der Waals surface area contributed by atoms with Gasteiger partial charge in [0.2, 0.25) is 0 Å². The quantitative estimate of drug-likeness (QED) is 0.240. The van der Waals surface area contributed by atoms with Crippen LogP contribution in [0.25, 0.3) is 0 Å². The number of nitrogens with zero attached hydrogens (tertiary/aromatic N) is 6. The molecule has 0 aliphatic carbocycles. The number of aromatic nitrogens is 4. The predicted molar refractivity (Wildman–Crippen MR) is 204 cm³/mol. The highest BCUT2D eigenvalue weighted by Gasteiger charge is 2.31. The first-order valence-corrected chi connectivity index (χ1v) is 18.9. The largest absolute Gasteiger partial charge is 0.444 e. The number of halogens is 1. The van der Waals surface area contributed by atoms with Gasteiger partial charge in [-0.3, -0.25) is 14.2 Å². The Morgan fingerprint density at radius 3 is 1.75 bits per heavy atom. The number of rotatable bonds is 12. The Morgan fingerprint density at radius 2 is 1.28 bits per heavy atom. The van der Waals surface area contributed by atoms with Crippen LogP contribution in [0.5, 0.6) is 0 Å². The summed E-state index contributed by atoms with van der Waals surface area (Å²) in [5.74, 6) is 0.452. The van der Waals surface area contributed by atoms with Crippen molar-refractivity contribution in [2.45, 2.75) is 129 Å². The van der Waals surface area contributed by atoms with E-state index in [1.807, 2.05) is 41.5 Å². The molecule has 2 atom stereocenters. The van der Waals surface area contributed by atoms with Crippen LogP contribution >= 0.6 is 11.6 Å². The topological polar surface area (TPSA) is 193 Å².